The summed E-state index contributed by atoms with van der Waals surface area (Å²) in [5, 5.41) is 0. The predicted molar refractivity (Wildman–Crippen MR) is 93.8 cm³/mol. The van der Waals surface area contributed by atoms with Gasteiger partial charge in [-0.2, -0.15) is 0 Å². The average molecular weight is 342 g/mol. The first kappa shape index (κ1) is 20.9. The van der Waals surface area contributed by atoms with Gasteiger partial charge in [-0.05, 0) is 52.2 Å². The summed E-state index contributed by atoms with van der Waals surface area (Å²) in [6, 6.07) is 0. The number of nitrogens with zero attached hydrogens (tertiary/aromatic N) is 2. The molecule has 6 heteroatoms. The molecule has 0 N–H and O–H groups in total. The summed E-state index contributed by atoms with van der Waals surface area (Å²) in [6.45, 7) is 11.4. The van der Waals surface area contributed by atoms with E-state index in [2.05, 4.69) is 18.7 Å². The van der Waals surface area contributed by atoms with Crippen LogP contribution in [0.1, 0.15) is 52.9 Å². The number of amides is 1. The molecule has 1 aliphatic heterocycles. The molecular weight excluding hydrogens is 308 g/mol. The van der Waals surface area contributed by atoms with Gasteiger partial charge in [-0.1, -0.05) is 13.8 Å². The maximum Gasteiger partial charge on any atom is 0.307 e. The van der Waals surface area contributed by atoms with Gasteiger partial charge in [-0.25, -0.2) is 0 Å². The minimum atomic E-state index is -0.324. The van der Waals surface area contributed by atoms with Gasteiger partial charge in [0.25, 0.3) is 5.91 Å². The fourth-order valence-corrected chi connectivity index (χ4v) is 2.95. The molecule has 1 unspecified atom stereocenters. The SMILES string of the molecule is CCOC(=O)CCN(CCCCN(CC)CC)C(=O)C1CCCO1. The molecule has 1 atom stereocenters. The van der Waals surface area contributed by atoms with Gasteiger partial charge in [0.05, 0.1) is 13.0 Å². The standard InChI is InChI=1S/C18H34N2O4/c1-4-19(5-2)12-7-8-13-20(14-11-17(21)23-6-3)18(22)16-10-9-15-24-16/h16H,4-15H2,1-3H3. The Balaban J connectivity index is 2.44. The summed E-state index contributed by atoms with van der Waals surface area (Å²) in [4.78, 5) is 28.4. The molecule has 1 amide bonds. The molecule has 1 heterocycles. The third-order valence-corrected chi connectivity index (χ3v) is 4.45. The highest BCUT2D eigenvalue weighted by atomic mass is 16.5. The van der Waals surface area contributed by atoms with Crippen molar-refractivity contribution in [3.63, 3.8) is 0 Å². The molecule has 1 saturated heterocycles. The second kappa shape index (κ2) is 12.3. The zero-order chi connectivity index (χ0) is 17.8. The second-order valence-corrected chi connectivity index (χ2v) is 6.12. The van der Waals surface area contributed by atoms with Crippen molar-refractivity contribution in [3.05, 3.63) is 0 Å². The van der Waals surface area contributed by atoms with Gasteiger partial charge < -0.3 is 19.3 Å². The van der Waals surface area contributed by atoms with Crippen LogP contribution in [-0.2, 0) is 19.1 Å². The molecule has 6 nitrogen and oxygen atoms in total. The van der Waals surface area contributed by atoms with Crippen LogP contribution in [0, 0.1) is 0 Å². The largest absolute Gasteiger partial charge is 0.466 e. The van der Waals surface area contributed by atoms with Crippen LogP contribution in [0.5, 0.6) is 0 Å². The zero-order valence-corrected chi connectivity index (χ0v) is 15.6. The Morgan fingerprint density at radius 1 is 1.08 bits per heavy atom. The van der Waals surface area contributed by atoms with Crippen LogP contribution in [-0.4, -0.2) is 73.7 Å². The van der Waals surface area contributed by atoms with Crippen LogP contribution in [0.2, 0.25) is 0 Å². The van der Waals surface area contributed by atoms with Crippen LogP contribution < -0.4 is 0 Å². The summed E-state index contributed by atoms with van der Waals surface area (Å²) >= 11 is 0. The number of hydrogen-bond acceptors (Lipinski definition) is 5. The van der Waals surface area contributed by atoms with Gasteiger partial charge in [0.1, 0.15) is 6.10 Å². The Morgan fingerprint density at radius 3 is 2.38 bits per heavy atom. The number of carbonyl (C=O) groups is 2. The Bertz CT molecular complexity index is 366. The molecule has 0 aromatic rings. The number of hydrogen-bond donors (Lipinski definition) is 0. The highest BCUT2D eigenvalue weighted by Crippen LogP contribution is 2.15. The van der Waals surface area contributed by atoms with E-state index in [0.717, 1.165) is 45.3 Å². The van der Waals surface area contributed by atoms with Crippen molar-refractivity contribution in [1.82, 2.24) is 9.80 Å². The fraction of sp³-hybridized carbons (Fsp3) is 0.889. The molecule has 0 bridgehead atoms. The van der Waals surface area contributed by atoms with E-state index in [1.807, 2.05) is 0 Å². The molecule has 1 fully saturated rings. The molecular formula is C18H34N2O4. The van der Waals surface area contributed by atoms with E-state index in [0.29, 0.717) is 26.3 Å². The van der Waals surface area contributed by atoms with Gasteiger partial charge in [0, 0.05) is 19.7 Å². The summed E-state index contributed by atoms with van der Waals surface area (Å²) < 4.78 is 10.5. The fourth-order valence-electron chi connectivity index (χ4n) is 2.95. The maximum absolute atomic E-state index is 12.6. The minimum absolute atomic E-state index is 0.0274. The molecule has 0 aliphatic carbocycles. The van der Waals surface area contributed by atoms with E-state index < -0.39 is 0 Å². The number of carbonyl (C=O) groups excluding carboxylic acids is 2. The van der Waals surface area contributed by atoms with Crippen LogP contribution in [0.25, 0.3) is 0 Å². The van der Waals surface area contributed by atoms with E-state index in [-0.39, 0.29) is 24.4 Å². The molecule has 1 rings (SSSR count). The lowest BCUT2D eigenvalue weighted by Gasteiger charge is -2.25. The molecule has 0 radical (unpaired) electrons. The Morgan fingerprint density at radius 2 is 1.79 bits per heavy atom. The molecule has 0 spiro atoms. The molecule has 0 aromatic heterocycles. The summed E-state index contributed by atoms with van der Waals surface area (Å²) in [7, 11) is 0. The van der Waals surface area contributed by atoms with Gasteiger partial charge in [-0.3, -0.25) is 9.59 Å². The first-order valence-corrected chi connectivity index (χ1v) is 9.40. The number of unbranched alkanes of at least 4 members (excludes halogenated alkanes) is 1. The summed E-state index contributed by atoms with van der Waals surface area (Å²) in [5.74, 6) is -0.217. The van der Waals surface area contributed by atoms with Crippen molar-refractivity contribution < 1.29 is 19.1 Å². The second-order valence-electron chi connectivity index (χ2n) is 6.12. The molecule has 1 aliphatic rings. The predicted octanol–water partition coefficient (Wildman–Crippen LogP) is 2.07. The van der Waals surface area contributed by atoms with Gasteiger partial charge in [0.2, 0.25) is 0 Å². The minimum Gasteiger partial charge on any atom is -0.466 e. The molecule has 24 heavy (non-hydrogen) atoms. The van der Waals surface area contributed by atoms with Crippen molar-refractivity contribution in [1.29, 1.82) is 0 Å². The van der Waals surface area contributed by atoms with Crippen molar-refractivity contribution in [2.45, 2.75) is 59.0 Å². The van der Waals surface area contributed by atoms with Crippen LogP contribution in [0.15, 0.2) is 0 Å². The third kappa shape index (κ3) is 7.62. The third-order valence-electron chi connectivity index (χ3n) is 4.45. The van der Waals surface area contributed by atoms with E-state index in [9.17, 15) is 9.59 Å². The van der Waals surface area contributed by atoms with Crippen molar-refractivity contribution >= 4 is 11.9 Å². The van der Waals surface area contributed by atoms with E-state index in [4.69, 9.17) is 9.47 Å². The monoisotopic (exact) mass is 342 g/mol. The normalized spacial score (nSPS) is 17.2. The van der Waals surface area contributed by atoms with Crippen molar-refractivity contribution in [2.75, 3.05) is 45.9 Å². The first-order valence-electron chi connectivity index (χ1n) is 9.40. The number of ether oxygens (including phenoxy) is 2. The summed E-state index contributed by atoms with van der Waals surface area (Å²) in [5.41, 5.74) is 0. The van der Waals surface area contributed by atoms with Crippen molar-refractivity contribution in [2.24, 2.45) is 0 Å². The lowest BCUT2D eigenvalue weighted by atomic mass is 10.2. The molecule has 0 saturated carbocycles. The topological polar surface area (TPSA) is 59.1 Å². The van der Waals surface area contributed by atoms with Crippen molar-refractivity contribution in [3.8, 4) is 0 Å². The molecule has 0 aromatic carbocycles. The van der Waals surface area contributed by atoms with Gasteiger partial charge in [0.15, 0.2) is 0 Å². The lowest BCUT2D eigenvalue weighted by Crippen LogP contribution is -2.41. The maximum atomic E-state index is 12.6. The smallest absolute Gasteiger partial charge is 0.307 e. The average Bonchev–Trinajstić information content (AvgIpc) is 3.12. The summed E-state index contributed by atoms with van der Waals surface area (Å²) in [6.07, 6.45) is 3.64. The highest BCUT2D eigenvalue weighted by molar-refractivity contribution is 5.81. The molecule has 140 valence electrons. The van der Waals surface area contributed by atoms with Gasteiger partial charge >= 0.3 is 5.97 Å². The quantitative estimate of drug-likeness (QED) is 0.401. The number of esters is 1. The van der Waals surface area contributed by atoms with E-state index in [1.165, 1.54) is 0 Å². The van der Waals surface area contributed by atoms with E-state index >= 15 is 0 Å². The number of rotatable bonds is 12. The zero-order valence-electron chi connectivity index (χ0n) is 15.6. The van der Waals surface area contributed by atoms with Crippen LogP contribution >= 0.6 is 0 Å². The Labute approximate surface area is 146 Å². The van der Waals surface area contributed by atoms with Gasteiger partial charge in [-0.15, -0.1) is 0 Å². The highest BCUT2D eigenvalue weighted by Gasteiger charge is 2.28. The first-order chi connectivity index (χ1) is 11.6. The van der Waals surface area contributed by atoms with Crippen LogP contribution in [0.4, 0.5) is 0 Å². The Kier molecular flexibility index (Phi) is 10.7. The van der Waals surface area contributed by atoms with Crippen LogP contribution in [0.3, 0.4) is 0 Å². The Hall–Kier alpha value is -1.14. The van der Waals surface area contributed by atoms with E-state index in [1.54, 1.807) is 11.8 Å². The lowest BCUT2D eigenvalue weighted by molar-refractivity contribution is -0.146.